The van der Waals surface area contributed by atoms with Crippen molar-refractivity contribution in [1.29, 1.82) is 5.26 Å². The molecule has 2 aromatic rings. The lowest BCUT2D eigenvalue weighted by Crippen LogP contribution is -2.11. The molecule has 16 heavy (non-hydrogen) atoms. The minimum Gasteiger partial charge on any atom is -0.451 e. The second-order valence-corrected chi connectivity index (χ2v) is 3.02. The lowest BCUT2D eigenvalue weighted by Gasteiger charge is -2.01. The standard InChI is InChI=1S/C11H7N3O2/c12-5-8-1-3-9(4-2-8)14-11(15)10-6-16-7-13-10/h1-4,6-7H,(H,14,15). The Morgan fingerprint density at radius 3 is 2.69 bits per heavy atom. The Morgan fingerprint density at radius 1 is 1.38 bits per heavy atom. The number of hydrogen-bond donors (Lipinski definition) is 1. The van der Waals surface area contributed by atoms with Crippen LogP contribution in [0.25, 0.3) is 0 Å². The molecule has 0 saturated carbocycles. The molecule has 0 bridgehead atoms. The van der Waals surface area contributed by atoms with Crippen molar-refractivity contribution < 1.29 is 9.21 Å². The van der Waals surface area contributed by atoms with E-state index < -0.39 is 0 Å². The fourth-order valence-electron chi connectivity index (χ4n) is 1.15. The predicted molar refractivity (Wildman–Crippen MR) is 55.6 cm³/mol. The van der Waals surface area contributed by atoms with E-state index in [9.17, 15) is 4.79 Å². The van der Waals surface area contributed by atoms with Gasteiger partial charge < -0.3 is 9.73 Å². The fourth-order valence-corrected chi connectivity index (χ4v) is 1.15. The summed E-state index contributed by atoms with van der Waals surface area (Å²) in [5, 5.41) is 11.2. The van der Waals surface area contributed by atoms with E-state index in [0.717, 1.165) is 0 Å². The van der Waals surface area contributed by atoms with E-state index in [1.165, 1.54) is 12.7 Å². The van der Waals surface area contributed by atoms with Crippen molar-refractivity contribution in [3.8, 4) is 6.07 Å². The monoisotopic (exact) mass is 213 g/mol. The Kier molecular flexibility index (Phi) is 2.65. The van der Waals surface area contributed by atoms with Crippen LogP contribution in [0.5, 0.6) is 0 Å². The number of amides is 1. The van der Waals surface area contributed by atoms with Gasteiger partial charge in [-0.2, -0.15) is 5.26 Å². The van der Waals surface area contributed by atoms with Gasteiger partial charge in [-0.15, -0.1) is 0 Å². The summed E-state index contributed by atoms with van der Waals surface area (Å²) in [6.45, 7) is 0. The van der Waals surface area contributed by atoms with Gasteiger partial charge in [-0.3, -0.25) is 4.79 Å². The highest BCUT2D eigenvalue weighted by Gasteiger charge is 2.08. The highest BCUT2D eigenvalue weighted by atomic mass is 16.3. The van der Waals surface area contributed by atoms with Crippen LogP contribution in [0, 0.1) is 11.3 Å². The summed E-state index contributed by atoms with van der Waals surface area (Å²) in [6, 6.07) is 8.54. The second kappa shape index (κ2) is 4.28. The van der Waals surface area contributed by atoms with Gasteiger partial charge in [0.1, 0.15) is 6.26 Å². The van der Waals surface area contributed by atoms with Crippen molar-refractivity contribution in [3.05, 3.63) is 48.2 Å². The van der Waals surface area contributed by atoms with Crippen LogP contribution >= 0.6 is 0 Å². The van der Waals surface area contributed by atoms with Crippen LogP contribution in [-0.4, -0.2) is 10.9 Å². The molecule has 0 atom stereocenters. The summed E-state index contributed by atoms with van der Waals surface area (Å²) in [5.41, 5.74) is 1.36. The molecule has 0 aliphatic carbocycles. The van der Waals surface area contributed by atoms with E-state index in [0.29, 0.717) is 11.3 Å². The van der Waals surface area contributed by atoms with Crippen molar-refractivity contribution in [1.82, 2.24) is 4.98 Å². The Balaban J connectivity index is 2.10. The third kappa shape index (κ3) is 2.07. The number of rotatable bonds is 2. The van der Waals surface area contributed by atoms with Crippen LogP contribution in [0.4, 0.5) is 5.69 Å². The van der Waals surface area contributed by atoms with Crippen molar-refractivity contribution in [3.63, 3.8) is 0 Å². The van der Waals surface area contributed by atoms with E-state index >= 15 is 0 Å². The van der Waals surface area contributed by atoms with Crippen LogP contribution in [0.15, 0.2) is 41.3 Å². The number of anilines is 1. The number of carbonyl (C=O) groups is 1. The summed E-state index contributed by atoms with van der Waals surface area (Å²) in [4.78, 5) is 15.2. The number of hydrogen-bond acceptors (Lipinski definition) is 4. The maximum atomic E-state index is 11.5. The Hall–Kier alpha value is -2.61. The fraction of sp³-hybridized carbons (Fsp3) is 0. The van der Waals surface area contributed by atoms with E-state index in [2.05, 4.69) is 10.3 Å². The zero-order valence-electron chi connectivity index (χ0n) is 8.18. The topological polar surface area (TPSA) is 78.9 Å². The van der Waals surface area contributed by atoms with Gasteiger partial charge in [0.25, 0.3) is 5.91 Å². The molecular weight excluding hydrogens is 206 g/mol. The quantitative estimate of drug-likeness (QED) is 0.824. The molecule has 5 nitrogen and oxygen atoms in total. The number of oxazole rings is 1. The van der Waals surface area contributed by atoms with Gasteiger partial charge in [-0.1, -0.05) is 0 Å². The number of aromatic nitrogens is 1. The molecule has 0 fully saturated rings. The van der Waals surface area contributed by atoms with E-state index in [1.54, 1.807) is 24.3 Å². The Bertz CT molecular complexity index is 523. The maximum absolute atomic E-state index is 11.5. The molecular formula is C11H7N3O2. The van der Waals surface area contributed by atoms with Gasteiger partial charge in [-0.25, -0.2) is 4.98 Å². The normalized spacial score (nSPS) is 9.44. The largest absolute Gasteiger partial charge is 0.451 e. The number of carbonyl (C=O) groups excluding carboxylic acids is 1. The van der Waals surface area contributed by atoms with Gasteiger partial charge in [0, 0.05) is 5.69 Å². The van der Waals surface area contributed by atoms with Crippen LogP contribution in [0.3, 0.4) is 0 Å². The summed E-state index contributed by atoms with van der Waals surface area (Å²) in [7, 11) is 0. The summed E-state index contributed by atoms with van der Waals surface area (Å²) < 4.78 is 4.69. The van der Waals surface area contributed by atoms with Crippen LogP contribution < -0.4 is 5.32 Å². The van der Waals surface area contributed by atoms with Crippen molar-refractivity contribution >= 4 is 11.6 Å². The first-order valence-corrected chi connectivity index (χ1v) is 4.49. The van der Waals surface area contributed by atoms with Crippen molar-refractivity contribution in [2.75, 3.05) is 5.32 Å². The zero-order valence-corrected chi connectivity index (χ0v) is 8.18. The van der Waals surface area contributed by atoms with E-state index in [4.69, 9.17) is 9.68 Å². The van der Waals surface area contributed by atoms with Crippen LogP contribution in [0.2, 0.25) is 0 Å². The molecule has 1 amide bonds. The van der Waals surface area contributed by atoms with Crippen LogP contribution in [-0.2, 0) is 0 Å². The summed E-state index contributed by atoms with van der Waals surface area (Å²) >= 11 is 0. The number of nitriles is 1. The lowest BCUT2D eigenvalue weighted by molar-refractivity contribution is 0.102. The van der Waals surface area contributed by atoms with E-state index in [-0.39, 0.29) is 11.6 Å². The first-order chi connectivity index (χ1) is 7.79. The summed E-state index contributed by atoms with van der Waals surface area (Å²) in [5.74, 6) is -0.349. The van der Waals surface area contributed by atoms with Crippen molar-refractivity contribution in [2.24, 2.45) is 0 Å². The van der Waals surface area contributed by atoms with Gasteiger partial charge in [0.2, 0.25) is 0 Å². The second-order valence-electron chi connectivity index (χ2n) is 3.02. The first-order valence-electron chi connectivity index (χ1n) is 4.49. The highest BCUT2D eigenvalue weighted by molar-refractivity contribution is 6.02. The average molecular weight is 213 g/mol. The molecule has 0 spiro atoms. The average Bonchev–Trinajstić information content (AvgIpc) is 2.83. The van der Waals surface area contributed by atoms with Gasteiger partial charge >= 0.3 is 0 Å². The molecule has 2 rings (SSSR count). The molecule has 0 radical (unpaired) electrons. The molecule has 1 heterocycles. The molecule has 0 saturated heterocycles. The molecule has 5 heteroatoms. The number of benzene rings is 1. The Morgan fingerprint density at radius 2 is 2.12 bits per heavy atom. The molecule has 0 aliphatic rings. The summed E-state index contributed by atoms with van der Waals surface area (Å²) in [6.07, 6.45) is 2.45. The third-order valence-electron chi connectivity index (χ3n) is 1.94. The number of nitrogens with one attached hydrogen (secondary N) is 1. The molecule has 78 valence electrons. The minimum absolute atomic E-state index is 0.212. The molecule has 1 N–H and O–H groups in total. The van der Waals surface area contributed by atoms with Gasteiger partial charge in [0.05, 0.1) is 11.6 Å². The molecule has 0 aliphatic heterocycles. The SMILES string of the molecule is N#Cc1ccc(NC(=O)c2cocn2)cc1. The molecule has 1 aromatic heterocycles. The molecule has 1 aromatic carbocycles. The number of nitrogens with zero attached hydrogens (tertiary/aromatic N) is 2. The maximum Gasteiger partial charge on any atom is 0.277 e. The van der Waals surface area contributed by atoms with E-state index in [1.807, 2.05) is 6.07 Å². The Labute approximate surface area is 91.3 Å². The molecule has 0 unspecified atom stereocenters. The zero-order chi connectivity index (χ0) is 11.4. The highest BCUT2D eigenvalue weighted by Crippen LogP contribution is 2.10. The predicted octanol–water partition coefficient (Wildman–Crippen LogP) is 1.80. The van der Waals surface area contributed by atoms with Crippen molar-refractivity contribution in [2.45, 2.75) is 0 Å². The lowest BCUT2D eigenvalue weighted by atomic mass is 10.2. The van der Waals surface area contributed by atoms with Crippen LogP contribution in [0.1, 0.15) is 16.1 Å². The first kappa shape index (κ1) is 9.93. The van der Waals surface area contributed by atoms with Gasteiger partial charge in [-0.05, 0) is 24.3 Å². The minimum atomic E-state index is -0.349. The smallest absolute Gasteiger partial charge is 0.277 e. The third-order valence-corrected chi connectivity index (χ3v) is 1.94. The van der Waals surface area contributed by atoms with Gasteiger partial charge in [0.15, 0.2) is 12.1 Å².